The minimum absolute atomic E-state index is 0.270. The smallest absolute Gasteiger partial charge is 0.267 e. The standard InChI is InChI=1S/C19H12N4O2S2/c24-17(12-5-8-20-9-6-12)22-23-18(25)16(27-19(23)26)11-13-7-10-21-15-4-2-1-3-14(13)15/h1-11H,(H,22,24). The Labute approximate surface area is 164 Å². The molecule has 1 saturated heterocycles. The number of para-hydroxylation sites is 1. The normalized spacial score (nSPS) is 15.6. The van der Waals surface area contributed by atoms with Crippen molar-refractivity contribution in [3.8, 4) is 0 Å². The molecule has 0 aliphatic carbocycles. The molecular formula is C19H12N4O2S2. The summed E-state index contributed by atoms with van der Waals surface area (Å²) in [5, 5.41) is 2.03. The lowest BCUT2D eigenvalue weighted by Gasteiger charge is -2.15. The van der Waals surface area contributed by atoms with Gasteiger partial charge in [0.1, 0.15) is 0 Å². The summed E-state index contributed by atoms with van der Waals surface area (Å²) in [6, 6.07) is 12.6. The fraction of sp³-hybridized carbons (Fsp3) is 0. The number of amides is 2. The molecule has 27 heavy (non-hydrogen) atoms. The summed E-state index contributed by atoms with van der Waals surface area (Å²) in [5.74, 6) is -0.794. The number of hydrogen-bond acceptors (Lipinski definition) is 6. The number of thiocarbonyl (C=S) groups is 1. The molecule has 1 fully saturated rings. The van der Waals surface area contributed by atoms with Crippen LogP contribution in [-0.2, 0) is 4.79 Å². The average Bonchev–Trinajstić information content (AvgIpc) is 2.96. The molecule has 2 amide bonds. The van der Waals surface area contributed by atoms with Crippen LogP contribution in [0.3, 0.4) is 0 Å². The van der Waals surface area contributed by atoms with Gasteiger partial charge in [-0.15, -0.1) is 0 Å². The summed E-state index contributed by atoms with van der Waals surface area (Å²) in [5.41, 5.74) is 4.64. The molecule has 0 unspecified atom stereocenters. The third kappa shape index (κ3) is 3.44. The maximum atomic E-state index is 12.7. The zero-order valence-corrected chi connectivity index (χ0v) is 15.5. The van der Waals surface area contributed by atoms with Crippen LogP contribution in [0.1, 0.15) is 15.9 Å². The van der Waals surface area contributed by atoms with E-state index in [1.165, 1.54) is 12.4 Å². The van der Waals surface area contributed by atoms with Gasteiger partial charge in [-0.25, -0.2) is 0 Å². The molecule has 6 nitrogen and oxygen atoms in total. The quantitative estimate of drug-likeness (QED) is 0.545. The minimum Gasteiger partial charge on any atom is -0.267 e. The Morgan fingerprint density at radius 2 is 1.89 bits per heavy atom. The van der Waals surface area contributed by atoms with Crippen LogP contribution >= 0.6 is 24.0 Å². The maximum Gasteiger partial charge on any atom is 0.285 e. The number of rotatable bonds is 3. The number of benzene rings is 1. The number of carbonyl (C=O) groups is 2. The first-order chi connectivity index (χ1) is 13.1. The Hall–Kier alpha value is -3.10. The molecule has 3 aromatic rings. The largest absolute Gasteiger partial charge is 0.285 e. The highest BCUT2D eigenvalue weighted by atomic mass is 32.2. The summed E-state index contributed by atoms with van der Waals surface area (Å²) in [6.07, 6.45) is 6.48. The molecule has 2 aromatic heterocycles. The number of aromatic nitrogens is 2. The molecule has 0 radical (unpaired) electrons. The Morgan fingerprint density at radius 1 is 1.11 bits per heavy atom. The number of carbonyl (C=O) groups excluding carboxylic acids is 2. The van der Waals surface area contributed by atoms with Crippen LogP contribution in [-0.4, -0.2) is 31.1 Å². The summed E-state index contributed by atoms with van der Waals surface area (Å²) in [7, 11) is 0. The lowest BCUT2D eigenvalue weighted by atomic mass is 10.1. The van der Waals surface area contributed by atoms with Gasteiger partial charge in [0.05, 0.1) is 10.4 Å². The zero-order valence-electron chi connectivity index (χ0n) is 13.8. The van der Waals surface area contributed by atoms with E-state index in [0.717, 1.165) is 33.2 Å². The Bertz CT molecular complexity index is 1090. The number of pyridine rings is 2. The van der Waals surface area contributed by atoms with Gasteiger partial charge in [-0.1, -0.05) is 30.0 Å². The summed E-state index contributed by atoms with van der Waals surface area (Å²) < 4.78 is 0.270. The van der Waals surface area contributed by atoms with Crippen molar-refractivity contribution in [1.82, 2.24) is 20.4 Å². The van der Waals surface area contributed by atoms with Gasteiger partial charge >= 0.3 is 0 Å². The molecule has 0 saturated carbocycles. The van der Waals surface area contributed by atoms with Crippen LogP contribution in [0.2, 0.25) is 0 Å². The molecule has 1 aliphatic rings. The first kappa shape index (κ1) is 17.3. The fourth-order valence-corrected chi connectivity index (χ4v) is 3.79. The molecule has 1 aliphatic heterocycles. The van der Waals surface area contributed by atoms with Gasteiger partial charge in [0, 0.05) is 29.5 Å². The van der Waals surface area contributed by atoms with Crippen molar-refractivity contribution in [1.29, 1.82) is 0 Å². The molecule has 132 valence electrons. The van der Waals surface area contributed by atoms with E-state index >= 15 is 0 Å². The number of hydrazine groups is 1. The number of thioether (sulfide) groups is 1. The number of hydrogen-bond donors (Lipinski definition) is 1. The van der Waals surface area contributed by atoms with Gasteiger partial charge < -0.3 is 0 Å². The van der Waals surface area contributed by atoms with Crippen LogP contribution in [0.5, 0.6) is 0 Å². The monoisotopic (exact) mass is 392 g/mol. The van der Waals surface area contributed by atoms with E-state index in [-0.39, 0.29) is 10.2 Å². The van der Waals surface area contributed by atoms with Gasteiger partial charge in [-0.2, -0.15) is 5.01 Å². The Morgan fingerprint density at radius 3 is 2.70 bits per heavy atom. The van der Waals surface area contributed by atoms with E-state index in [1.807, 2.05) is 30.3 Å². The average molecular weight is 392 g/mol. The highest BCUT2D eigenvalue weighted by Crippen LogP contribution is 2.32. The molecule has 1 aromatic carbocycles. The Balaban J connectivity index is 1.61. The second kappa shape index (κ2) is 7.26. The lowest BCUT2D eigenvalue weighted by molar-refractivity contribution is -0.123. The number of fused-ring (bicyclic) bond motifs is 1. The molecule has 0 spiro atoms. The highest BCUT2D eigenvalue weighted by Gasteiger charge is 2.33. The number of nitrogens with zero attached hydrogens (tertiary/aromatic N) is 3. The van der Waals surface area contributed by atoms with E-state index in [0.29, 0.717) is 10.5 Å². The highest BCUT2D eigenvalue weighted by molar-refractivity contribution is 8.26. The molecular weight excluding hydrogens is 380 g/mol. The van der Waals surface area contributed by atoms with Crippen LogP contribution in [0.4, 0.5) is 0 Å². The van der Waals surface area contributed by atoms with Gasteiger partial charge in [0.25, 0.3) is 11.8 Å². The second-order valence-electron chi connectivity index (χ2n) is 5.61. The van der Waals surface area contributed by atoms with E-state index in [2.05, 4.69) is 15.4 Å². The van der Waals surface area contributed by atoms with Gasteiger partial charge in [0.2, 0.25) is 0 Å². The van der Waals surface area contributed by atoms with Crippen molar-refractivity contribution in [3.05, 3.63) is 77.1 Å². The first-order valence-electron chi connectivity index (χ1n) is 7.96. The summed E-state index contributed by atoms with van der Waals surface area (Å²) >= 11 is 6.41. The van der Waals surface area contributed by atoms with Crippen molar-refractivity contribution in [2.24, 2.45) is 0 Å². The van der Waals surface area contributed by atoms with Crippen LogP contribution in [0.15, 0.2) is 66.0 Å². The van der Waals surface area contributed by atoms with Crippen molar-refractivity contribution < 1.29 is 9.59 Å². The third-order valence-electron chi connectivity index (χ3n) is 3.92. The van der Waals surface area contributed by atoms with Crippen LogP contribution < -0.4 is 5.43 Å². The second-order valence-corrected chi connectivity index (χ2v) is 7.29. The minimum atomic E-state index is -0.427. The number of nitrogens with one attached hydrogen (secondary N) is 1. The molecule has 0 bridgehead atoms. The van der Waals surface area contributed by atoms with Crippen molar-refractivity contribution >= 4 is 57.1 Å². The molecule has 3 heterocycles. The SMILES string of the molecule is O=C(NN1C(=O)C(=Cc2ccnc3ccccc23)SC1=S)c1ccncc1. The molecule has 0 atom stereocenters. The molecule has 4 rings (SSSR count). The van der Waals surface area contributed by atoms with Crippen LogP contribution in [0.25, 0.3) is 17.0 Å². The van der Waals surface area contributed by atoms with Gasteiger partial charge in [-0.05, 0) is 48.1 Å². The van der Waals surface area contributed by atoms with Crippen molar-refractivity contribution in [2.45, 2.75) is 0 Å². The predicted octanol–water partition coefficient (Wildman–Crippen LogP) is 3.18. The van der Waals surface area contributed by atoms with Gasteiger partial charge in [-0.3, -0.25) is 25.0 Å². The topological polar surface area (TPSA) is 75.2 Å². The fourth-order valence-electron chi connectivity index (χ4n) is 2.62. The van der Waals surface area contributed by atoms with Crippen molar-refractivity contribution in [3.63, 3.8) is 0 Å². The lowest BCUT2D eigenvalue weighted by Crippen LogP contribution is -2.44. The molecule has 1 N–H and O–H groups in total. The zero-order chi connectivity index (χ0) is 18.8. The van der Waals surface area contributed by atoms with Gasteiger partial charge in [0.15, 0.2) is 4.32 Å². The van der Waals surface area contributed by atoms with E-state index in [1.54, 1.807) is 24.4 Å². The first-order valence-corrected chi connectivity index (χ1v) is 9.19. The van der Waals surface area contributed by atoms with E-state index in [4.69, 9.17) is 12.2 Å². The van der Waals surface area contributed by atoms with E-state index < -0.39 is 5.91 Å². The Kier molecular flexibility index (Phi) is 4.66. The summed E-state index contributed by atoms with van der Waals surface area (Å²) in [4.78, 5) is 33.7. The van der Waals surface area contributed by atoms with Crippen LogP contribution in [0, 0.1) is 0 Å². The molecule has 8 heteroatoms. The van der Waals surface area contributed by atoms with Crippen molar-refractivity contribution in [2.75, 3.05) is 0 Å². The van der Waals surface area contributed by atoms with E-state index in [9.17, 15) is 9.59 Å². The predicted molar refractivity (Wildman–Crippen MR) is 108 cm³/mol. The maximum absolute atomic E-state index is 12.7. The third-order valence-corrected chi connectivity index (χ3v) is 5.22. The summed E-state index contributed by atoms with van der Waals surface area (Å²) in [6.45, 7) is 0.